The highest BCUT2D eigenvalue weighted by atomic mass is 16.5. The van der Waals surface area contributed by atoms with Crippen LogP contribution in [0.5, 0.6) is 23.0 Å². The number of ketones is 1. The van der Waals surface area contributed by atoms with Gasteiger partial charge in [0.05, 0.1) is 19.8 Å². The summed E-state index contributed by atoms with van der Waals surface area (Å²) in [5.41, 5.74) is 3.17. The zero-order valence-corrected chi connectivity index (χ0v) is 17.1. The van der Waals surface area contributed by atoms with E-state index in [4.69, 9.17) is 18.9 Å². The monoisotopic (exact) mass is 402 g/mol. The van der Waals surface area contributed by atoms with Crippen LogP contribution in [0.2, 0.25) is 0 Å². The van der Waals surface area contributed by atoms with Crippen LogP contribution in [-0.4, -0.2) is 20.0 Å². The molecule has 0 amide bonds. The van der Waals surface area contributed by atoms with Crippen LogP contribution in [0.15, 0.2) is 66.4 Å². The topological polar surface area (TPSA) is 54.0 Å². The summed E-state index contributed by atoms with van der Waals surface area (Å²) in [5, 5.41) is 0. The lowest BCUT2D eigenvalue weighted by molar-refractivity contribution is 0.101. The molecular formula is C25H22O5. The van der Waals surface area contributed by atoms with Crippen LogP contribution in [0, 0.1) is 6.92 Å². The van der Waals surface area contributed by atoms with Crippen molar-refractivity contribution in [2.24, 2.45) is 0 Å². The minimum absolute atomic E-state index is 0.143. The van der Waals surface area contributed by atoms with Gasteiger partial charge in [-0.15, -0.1) is 0 Å². The zero-order valence-electron chi connectivity index (χ0n) is 17.1. The molecule has 3 aromatic carbocycles. The van der Waals surface area contributed by atoms with Gasteiger partial charge in [-0.2, -0.15) is 0 Å². The van der Waals surface area contributed by atoms with E-state index in [0.717, 1.165) is 22.4 Å². The van der Waals surface area contributed by atoms with Crippen LogP contribution >= 0.6 is 0 Å². The molecule has 0 spiro atoms. The predicted molar refractivity (Wildman–Crippen MR) is 114 cm³/mol. The summed E-state index contributed by atoms with van der Waals surface area (Å²) in [6.07, 6.45) is 1.71. The summed E-state index contributed by atoms with van der Waals surface area (Å²) in [4.78, 5) is 12.9. The molecule has 0 saturated heterocycles. The fourth-order valence-corrected chi connectivity index (χ4v) is 3.38. The Morgan fingerprint density at radius 2 is 1.70 bits per heavy atom. The molecular weight excluding hydrogens is 380 g/mol. The van der Waals surface area contributed by atoms with E-state index in [9.17, 15) is 4.79 Å². The van der Waals surface area contributed by atoms with E-state index >= 15 is 0 Å². The number of allylic oxidation sites excluding steroid dienone is 1. The average molecular weight is 402 g/mol. The molecule has 1 aliphatic rings. The Balaban J connectivity index is 1.55. The lowest BCUT2D eigenvalue weighted by atomic mass is 10.0. The van der Waals surface area contributed by atoms with Gasteiger partial charge in [0.1, 0.15) is 29.6 Å². The second-order valence-corrected chi connectivity index (χ2v) is 6.93. The number of carbonyl (C=O) groups is 1. The van der Waals surface area contributed by atoms with E-state index in [2.05, 4.69) is 0 Å². The molecule has 0 saturated carbocycles. The fourth-order valence-electron chi connectivity index (χ4n) is 3.38. The first-order chi connectivity index (χ1) is 14.6. The Hall–Kier alpha value is -3.73. The number of rotatable bonds is 6. The number of hydrogen-bond donors (Lipinski definition) is 0. The Morgan fingerprint density at radius 1 is 0.933 bits per heavy atom. The normalized spacial score (nSPS) is 13.7. The lowest BCUT2D eigenvalue weighted by Crippen LogP contribution is -2.00. The predicted octanol–water partition coefficient (Wildman–Crippen LogP) is 5.21. The summed E-state index contributed by atoms with van der Waals surface area (Å²) in [6, 6.07) is 18.8. The van der Waals surface area contributed by atoms with E-state index in [1.165, 1.54) is 0 Å². The minimum atomic E-state index is -0.143. The van der Waals surface area contributed by atoms with Crippen molar-refractivity contribution in [1.82, 2.24) is 0 Å². The third kappa shape index (κ3) is 3.87. The number of methoxy groups -OCH3 is 2. The van der Waals surface area contributed by atoms with Crippen LogP contribution in [-0.2, 0) is 6.61 Å². The van der Waals surface area contributed by atoms with Crippen molar-refractivity contribution in [3.63, 3.8) is 0 Å². The highest BCUT2D eigenvalue weighted by molar-refractivity contribution is 6.15. The number of para-hydroxylation sites is 1. The van der Waals surface area contributed by atoms with Gasteiger partial charge in [-0.05, 0) is 48.4 Å². The smallest absolute Gasteiger partial charge is 0.232 e. The Morgan fingerprint density at radius 3 is 2.43 bits per heavy atom. The summed E-state index contributed by atoms with van der Waals surface area (Å²) in [6.45, 7) is 2.28. The van der Waals surface area contributed by atoms with Gasteiger partial charge in [0, 0.05) is 11.6 Å². The van der Waals surface area contributed by atoms with Crippen molar-refractivity contribution in [1.29, 1.82) is 0 Å². The molecule has 0 aliphatic carbocycles. The first kappa shape index (κ1) is 19.6. The molecule has 5 heteroatoms. The van der Waals surface area contributed by atoms with Gasteiger partial charge in [0.2, 0.25) is 5.78 Å². The minimum Gasteiger partial charge on any atom is -0.497 e. The summed E-state index contributed by atoms with van der Waals surface area (Å²) in [5.74, 6) is 2.75. The molecule has 0 atom stereocenters. The van der Waals surface area contributed by atoms with Gasteiger partial charge in [-0.25, -0.2) is 0 Å². The Bertz CT molecular complexity index is 1110. The van der Waals surface area contributed by atoms with Crippen molar-refractivity contribution in [2.45, 2.75) is 13.5 Å². The van der Waals surface area contributed by atoms with Crippen LogP contribution in [0.1, 0.15) is 27.0 Å². The lowest BCUT2D eigenvalue weighted by Gasteiger charge is -2.09. The molecule has 3 aromatic rings. The van der Waals surface area contributed by atoms with E-state index in [0.29, 0.717) is 29.4 Å². The highest BCUT2D eigenvalue weighted by Crippen LogP contribution is 2.38. The molecule has 0 aromatic heterocycles. The maximum absolute atomic E-state index is 12.9. The third-order valence-electron chi connectivity index (χ3n) is 4.93. The highest BCUT2D eigenvalue weighted by Gasteiger charge is 2.30. The number of ether oxygens (including phenoxy) is 4. The van der Waals surface area contributed by atoms with E-state index in [1.54, 1.807) is 26.4 Å². The molecule has 0 unspecified atom stereocenters. The van der Waals surface area contributed by atoms with Gasteiger partial charge in [-0.3, -0.25) is 4.79 Å². The number of carbonyl (C=O) groups excluding carboxylic acids is 1. The molecule has 0 radical (unpaired) electrons. The molecule has 0 fully saturated rings. The van der Waals surface area contributed by atoms with Crippen LogP contribution < -0.4 is 18.9 Å². The van der Waals surface area contributed by atoms with Crippen molar-refractivity contribution in [3.05, 3.63) is 88.7 Å². The second kappa shape index (κ2) is 8.33. The number of fused-ring (bicyclic) bond motifs is 1. The summed E-state index contributed by atoms with van der Waals surface area (Å²) < 4.78 is 22.3. The number of hydrogen-bond acceptors (Lipinski definition) is 5. The van der Waals surface area contributed by atoms with Crippen LogP contribution in [0.25, 0.3) is 6.08 Å². The molecule has 152 valence electrons. The van der Waals surface area contributed by atoms with Crippen molar-refractivity contribution < 1.29 is 23.7 Å². The first-order valence-corrected chi connectivity index (χ1v) is 9.56. The molecule has 30 heavy (non-hydrogen) atoms. The maximum atomic E-state index is 12.9. The van der Waals surface area contributed by atoms with Gasteiger partial charge in [-0.1, -0.05) is 30.3 Å². The van der Waals surface area contributed by atoms with Crippen LogP contribution in [0.4, 0.5) is 0 Å². The molecule has 4 rings (SSSR count). The Kier molecular flexibility index (Phi) is 5.44. The molecule has 0 N–H and O–H groups in total. The first-order valence-electron chi connectivity index (χ1n) is 9.56. The fraction of sp³-hybridized carbons (Fsp3) is 0.160. The SMILES string of the molecule is COc1ccc(COc2cc(C)c3c(c2)O/C(=C\c2ccccc2OC)C3=O)cc1. The van der Waals surface area contributed by atoms with Gasteiger partial charge < -0.3 is 18.9 Å². The maximum Gasteiger partial charge on any atom is 0.232 e. The number of Topliss-reactive ketones (excluding diaryl/α,β-unsaturated/α-hetero) is 1. The van der Waals surface area contributed by atoms with E-state index in [1.807, 2.05) is 61.5 Å². The van der Waals surface area contributed by atoms with Gasteiger partial charge in [0.25, 0.3) is 0 Å². The van der Waals surface area contributed by atoms with E-state index < -0.39 is 0 Å². The van der Waals surface area contributed by atoms with Gasteiger partial charge >= 0.3 is 0 Å². The standard InChI is InChI=1S/C25H22O5/c1-16-12-20(29-15-17-8-10-19(27-2)11-9-17)14-22-24(16)25(26)23(30-22)13-18-6-4-5-7-21(18)28-3/h4-14H,15H2,1-3H3/b23-13-. The summed E-state index contributed by atoms with van der Waals surface area (Å²) in [7, 11) is 3.23. The molecule has 1 aliphatic heterocycles. The number of aryl methyl sites for hydroxylation is 1. The van der Waals surface area contributed by atoms with Crippen LogP contribution in [0.3, 0.4) is 0 Å². The van der Waals surface area contributed by atoms with Gasteiger partial charge in [0.15, 0.2) is 5.76 Å². The summed E-state index contributed by atoms with van der Waals surface area (Å²) >= 11 is 0. The Labute approximate surface area is 175 Å². The average Bonchev–Trinajstić information content (AvgIpc) is 3.08. The number of benzene rings is 3. The zero-order chi connectivity index (χ0) is 21.1. The van der Waals surface area contributed by atoms with Crippen molar-refractivity contribution in [2.75, 3.05) is 14.2 Å². The van der Waals surface area contributed by atoms with Crippen molar-refractivity contribution in [3.8, 4) is 23.0 Å². The second-order valence-electron chi connectivity index (χ2n) is 6.93. The largest absolute Gasteiger partial charge is 0.497 e. The van der Waals surface area contributed by atoms with E-state index in [-0.39, 0.29) is 11.5 Å². The molecule has 1 heterocycles. The molecule has 0 bridgehead atoms. The molecule has 5 nitrogen and oxygen atoms in total. The third-order valence-corrected chi connectivity index (χ3v) is 4.93. The van der Waals surface area contributed by atoms with Crippen molar-refractivity contribution >= 4 is 11.9 Å². The quantitative estimate of drug-likeness (QED) is 0.530.